The van der Waals surface area contributed by atoms with Gasteiger partial charge in [0.05, 0.1) is 11.2 Å². The molecule has 4 nitrogen and oxygen atoms in total. The van der Waals surface area contributed by atoms with Crippen molar-refractivity contribution in [3.8, 4) is 0 Å². The maximum absolute atomic E-state index is 6.01. The van der Waals surface area contributed by atoms with E-state index in [1.165, 1.54) is 0 Å². The number of anilines is 2. The Kier molecular flexibility index (Phi) is 2.90. The van der Waals surface area contributed by atoms with E-state index in [0.717, 1.165) is 35.4 Å². The Labute approximate surface area is 95.4 Å². The summed E-state index contributed by atoms with van der Waals surface area (Å²) in [7, 11) is 0. The van der Waals surface area contributed by atoms with Gasteiger partial charge in [0.1, 0.15) is 0 Å². The Balaban J connectivity index is 2.58. The monoisotopic (exact) mass is 218 g/mol. The van der Waals surface area contributed by atoms with E-state index in [1.54, 1.807) is 0 Å². The molecule has 86 valence electrons. The second kappa shape index (κ2) is 4.35. The smallest absolute Gasteiger partial charge is 0.0942 e. The van der Waals surface area contributed by atoms with E-state index in [2.05, 4.69) is 30.7 Å². The molecule has 0 amide bonds. The van der Waals surface area contributed by atoms with Gasteiger partial charge in [-0.3, -0.25) is 4.68 Å². The highest BCUT2D eigenvalue weighted by molar-refractivity contribution is 5.99. The molecule has 0 aliphatic rings. The lowest BCUT2D eigenvalue weighted by atomic mass is 10.2. The summed E-state index contributed by atoms with van der Waals surface area (Å²) in [6, 6.07) is 6.04. The molecular weight excluding hydrogens is 200 g/mol. The first-order chi connectivity index (χ1) is 7.77. The van der Waals surface area contributed by atoms with Crippen LogP contribution in [0.3, 0.4) is 0 Å². The first-order valence-electron chi connectivity index (χ1n) is 5.65. The molecule has 1 aromatic carbocycles. The van der Waals surface area contributed by atoms with Gasteiger partial charge in [-0.15, -0.1) is 0 Å². The first-order valence-corrected chi connectivity index (χ1v) is 5.65. The van der Waals surface area contributed by atoms with Crippen LogP contribution in [-0.2, 0) is 0 Å². The molecule has 0 unspecified atom stereocenters. The second-order valence-electron chi connectivity index (χ2n) is 3.69. The minimum absolute atomic E-state index is 0.794. The van der Waals surface area contributed by atoms with E-state index >= 15 is 0 Å². The van der Waals surface area contributed by atoms with Gasteiger partial charge in [-0.2, -0.15) is 0 Å². The van der Waals surface area contributed by atoms with E-state index in [1.807, 2.05) is 23.0 Å². The molecule has 2 rings (SSSR count). The summed E-state index contributed by atoms with van der Waals surface area (Å²) in [6.45, 7) is 5.93. The molecule has 1 aromatic heterocycles. The third-order valence-electron chi connectivity index (χ3n) is 2.58. The fourth-order valence-corrected chi connectivity index (χ4v) is 1.93. The van der Waals surface area contributed by atoms with E-state index in [4.69, 9.17) is 5.73 Å². The number of nitrogens with two attached hydrogens (primary N) is 1. The number of nitrogens with one attached hydrogen (secondary N) is 2. The highest BCUT2D eigenvalue weighted by atomic mass is 15.4. The van der Waals surface area contributed by atoms with Gasteiger partial charge in [0.25, 0.3) is 0 Å². The van der Waals surface area contributed by atoms with Crippen molar-refractivity contribution in [1.82, 2.24) is 4.68 Å². The zero-order valence-electron chi connectivity index (χ0n) is 9.75. The van der Waals surface area contributed by atoms with E-state index in [0.29, 0.717) is 0 Å². The van der Waals surface area contributed by atoms with Crippen molar-refractivity contribution in [1.29, 1.82) is 0 Å². The zero-order valence-corrected chi connectivity index (χ0v) is 9.75. The number of nitrogen functional groups attached to an aromatic ring is 1. The molecule has 4 N–H and O–H groups in total. The van der Waals surface area contributed by atoms with Crippen LogP contribution >= 0.6 is 0 Å². The molecule has 0 saturated carbocycles. The van der Waals surface area contributed by atoms with Crippen molar-refractivity contribution in [2.75, 3.05) is 29.6 Å². The van der Waals surface area contributed by atoms with E-state index in [-0.39, 0.29) is 0 Å². The SMILES string of the molecule is CCNc1ccc(N)c2c1ccn2NCC. The molecule has 1 heterocycles. The van der Waals surface area contributed by atoms with Gasteiger partial charge in [0.15, 0.2) is 0 Å². The quantitative estimate of drug-likeness (QED) is 0.690. The summed E-state index contributed by atoms with van der Waals surface area (Å²) < 4.78 is 1.98. The minimum Gasteiger partial charge on any atom is -0.397 e. The molecule has 0 aliphatic carbocycles. The van der Waals surface area contributed by atoms with E-state index in [9.17, 15) is 0 Å². The average Bonchev–Trinajstić information content (AvgIpc) is 2.68. The summed E-state index contributed by atoms with van der Waals surface area (Å²) in [5, 5.41) is 4.49. The number of fused-ring (bicyclic) bond motifs is 1. The van der Waals surface area contributed by atoms with Crippen LogP contribution < -0.4 is 16.5 Å². The van der Waals surface area contributed by atoms with Crippen LogP contribution in [0.2, 0.25) is 0 Å². The second-order valence-corrected chi connectivity index (χ2v) is 3.69. The van der Waals surface area contributed by atoms with Crippen molar-refractivity contribution in [2.45, 2.75) is 13.8 Å². The normalized spacial score (nSPS) is 10.6. The topological polar surface area (TPSA) is 55.0 Å². The standard InChI is InChI=1S/C12H18N4/c1-3-14-11-6-5-10(13)12-9(11)7-8-16(12)15-4-2/h5-8,14-15H,3-4,13H2,1-2H3. The number of hydrogen-bond acceptors (Lipinski definition) is 3. The van der Waals surface area contributed by atoms with Crippen molar-refractivity contribution in [2.24, 2.45) is 0 Å². The lowest BCUT2D eigenvalue weighted by Crippen LogP contribution is -2.13. The Morgan fingerprint density at radius 3 is 2.69 bits per heavy atom. The lowest BCUT2D eigenvalue weighted by molar-refractivity contribution is 0.902. The Morgan fingerprint density at radius 2 is 2.00 bits per heavy atom. The van der Waals surface area contributed by atoms with Crippen LogP contribution in [0, 0.1) is 0 Å². The number of rotatable bonds is 4. The summed E-state index contributed by atoms with van der Waals surface area (Å²) in [4.78, 5) is 0. The average molecular weight is 218 g/mol. The van der Waals surface area contributed by atoms with Gasteiger partial charge in [0.2, 0.25) is 0 Å². The largest absolute Gasteiger partial charge is 0.397 e. The number of hydrogen-bond donors (Lipinski definition) is 3. The first kappa shape index (κ1) is 10.7. The van der Waals surface area contributed by atoms with Crippen molar-refractivity contribution < 1.29 is 0 Å². The van der Waals surface area contributed by atoms with Gasteiger partial charge >= 0.3 is 0 Å². The maximum atomic E-state index is 6.01. The van der Waals surface area contributed by atoms with Crippen molar-refractivity contribution in [3.05, 3.63) is 24.4 Å². The minimum atomic E-state index is 0.794. The highest BCUT2D eigenvalue weighted by Crippen LogP contribution is 2.28. The number of benzene rings is 1. The number of nitrogens with zero attached hydrogens (tertiary/aromatic N) is 1. The summed E-state index contributed by atoms with van der Waals surface area (Å²) >= 11 is 0. The third kappa shape index (κ3) is 1.66. The van der Waals surface area contributed by atoms with Crippen molar-refractivity contribution in [3.63, 3.8) is 0 Å². The van der Waals surface area contributed by atoms with Crippen LogP contribution in [0.15, 0.2) is 24.4 Å². The van der Waals surface area contributed by atoms with Gasteiger partial charge in [-0.25, -0.2) is 0 Å². The van der Waals surface area contributed by atoms with Crippen molar-refractivity contribution >= 4 is 22.3 Å². The third-order valence-corrected chi connectivity index (χ3v) is 2.58. The predicted molar refractivity (Wildman–Crippen MR) is 70.4 cm³/mol. The Morgan fingerprint density at radius 1 is 1.19 bits per heavy atom. The molecule has 2 aromatic rings. The van der Waals surface area contributed by atoms with Crippen LogP contribution in [0.1, 0.15) is 13.8 Å². The molecule has 0 radical (unpaired) electrons. The summed E-state index contributed by atoms with van der Waals surface area (Å²) in [5.41, 5.74) is 12.2. The maximum Gasteiger partial charge on any atom is 0.0942 e. The molecule has 0 aliphatic heterocycles. The van der Waals surface area contributed by atoms with Gasteiger partial charge in [0, 0.05) is 30.4 Å². The fraction of sp³-hybridized carbons (Fsp3) is 0.333. The lowest BCUT2D eigenvalue weighted by Gasteiger charge is -2.11. The molecule has 16 heavy (non-hydrogen) atoms. The molecule has 0 saturated heterocycles. The zero-order chi connectivity index (χ0) is 11.5. The molecule has 0 fully saturated rings. The van der Waals surface area contributed by atoms with Crippen LogP contribution in [0.5, 0.6) is 0 Å². The summed E-state index contributed by atoms with van der Waals surface area (Å²) in [5.74, 6) is 0. The number of aromatic nitrogens is 1. The molecular formula is C12H18N4. The summed E-state index contributed by atoms with van der Waals surface area (Å²) in [6.07, 6.45) is 2.01. The van der Waals surface area contributed by atoms with E-state index < -0.39 is 0 Å². The molecule has 0 spiro atoms. The van der Waals surface area contributed by atoms with Gasteiger partial charge in [-0.05, 0) is 32.0 Å². The predicted octanol–water partition coefficient (Wildman–Crippen LogP) is 2.22. The van der Waals surface area contributed by atoms with Crippen LogP contribution in [0.4, 0.5) is 11.4 Å². The van der Waals surface area contributed by atoms with Gasteiger partial charge in [-0.1, -0.05) is 0 Å². The highest BCUT2D eigenvalue weighted by Gasteiger charge is 2.07. The Hall–Kier alpha value is -1.84. The molecule has 0 atom stereocenters. The van der Waals surface area contributed by atoms with Gasteiger partial charge < -0.3 is 16.5 Å². The van der Waals surface area contributed by atoms with Crippen LogP contribution in [0.25, 0.3) is 10.9 Å². The van der Waals surface area contributed by atoms with Crippen LogP contribution in [-0.4, -0.2) is 17.8 Å². The Bertz CT molecular complexity index is 487. The molecule has 0 bridgehead atoms. The molecule has 4 heteroatoms. The fourth-order valence-electron chi connectivity index (χ4n) is 1.93.